The number of aryl methyl sites for hydroxylation is 2. The van der Waals surface area contributed by atoms with Crippen LogP contribution in [0.4, 0.5) is 0 Å². The number of rotatable bonds is 4. The Morgan fingerprint density at radius 2 is 1.88 bits per heavy atom. The molecule has 0 aliphatic heterocycles. The highest BCUT2D eigenvalue weighted by molar-refractivity contribution is 5.69. The maximum atomic E-state index is 11.2. The molecule has 4 nitrogen and oxygen atoms in total. The van der Waals surface area contributed by atoms with E-state index in [1.807, 2.05) is 18.4 Å². The number of nitrogens with zero attached hydrogens (tertiary/aromatic N) is 1. The van der Waals surface area contributed by atoms with Gasteiger partial charge in [0.1, 0.15) is 0 Å². The number of aromatic nitrogens is 1. The number of carbonyl (C=O) groups is 1. The molecule has 1 N–H and O–H groups in total. The zero-order valence-corrected chi connectivity index (χ0v) is 9.86. The predicted octanol–water partition coefficient (Wildman–Crippen LogP) is 1.58. The van der Waals surface area contributed by atoms with Gasteiger partial charge in [0, 0.05) is 30.1 Å². The van der Waals surface area contributed by atoms with Gasteiger partial charge in [-0.3, -0.25) is 9.59 Å². The van der Waals surface area contributed by atoms with Crippen LogP contribution in [0, 0.1) is 19.8 Å². The number of hydrogen-bond donors (Lipinski definition) is 1. The average molecular weight is 223 g/mol. The first-order chi connectivity index (χ1) is 7.41. The molecule has 4 heteroatoms. The molecular formula is C12H17NO3. The van der Waals surface area contributed by atoms with Crippen molar-refractivity contribution in [2.45, 2.75) is 33.7 Å². The normalized spacial score (nSPS) is 12.4. The van der Waals surface area contributed by atoms with Crippen LogP contribution in [-0.4, -0.2) is 15.6 Å². The molecule has 1 unspecified atom stereocenters. The average Bonchev–Trinajstić information content (AvgIpc) is 2.15. The lowest BCUT2D eigenvalue weighted by molar-refractivity contribution is -0.141. The van der Waals surface area contributed by atoms with E-state index in [0.717, 1.165) is 11.4 Å². The molecular weight excluding hydrogens is 206 g/mol. The molecule has 1 heterocycles. The quantitative estimate of drug-likeness (QED) is 0.843. The second-order valence-electron chi connectivity index (χ2n) is 4.15. The molecule has 0 radical (unpaired) electrons. The van der Waals surface area contributed by atoms with E-state index in [0.29, 0.717) is 13.0 Å². The van der Waals surface area contributed by atoms with Crippen LogP contribution in [0.1, 0.15) is 24.7 Å². The monoisotopic (exact) mass is 223 g/mol. The van der Waals surface area contributed by atoms with E-state index in [9.17, 15) is 9.59 Å². The highest BCUT2D eigenvalue weighted by Gasteiger charge is 2.11. The maximum absolute atomic E-state index is 11.2. The second kappa shape index (κ2) is 4.96. The smallest absolute Gasteiger partial charge is 0.306 e. The Balaban J connectivity index is 2.82. The first-order valence-corrected chi connectivity index (χ1v) is 5.32. The summed E-state index contributed by atoms with van der Waals surface area (Å²) in [6.07, 6.45) is 0.569. The molecule has 1 rings (SSSR count). The summed E-state index contributed by atoms with van der Waals surface area (Å²) >= 11 is 0. The summed E-state index contributed by atoms with van der Waals surface area (Å²) in [6.45, 7) is 6.04. The van der Waals surface area contributed by atoms with Crippen LogP contribution >= 0.6 is 0 Å². The predicted molar refractivity (Wildman–Crippen MR) is 61.6 cm³/mol. The molecule has 1 aromatic rings. The summed E-state index contributed by atoms with van der Waals surface area (Å²) in [6, 6.07) is 3.14. The standard InChI is InChI=1S/C12H17NO3/c1-8(12(15)16)4-5-13-9(2)6-11(14)7-10(13)3/h6-8H,4-5H2,1-3H3,(H,15,16). The molecule has 0 spiro atoms. The lowest BCUT2D eigenvalue weighted by Gasteiger charge is -2.15. The van der Waals surface area contributed by atoms with Gasteiger partial charge in [-0.1, -0.05) is 6.92 Å². The molecule has 0 aliphatic rings. The zero-order valence-electron chi connectivity index (χ0n) is 9.86. The van der Waals surface area contributed by atoms with Crippen molar-refractivity contribution < 1.29 is 9.90 Å². The molecule has 1 atom stereocenters. The number of hydrogen-bond acceptors (Lipinski definition) is 2. The highest BCUT2D eigenvalue weighted by atomic mass is 16.4. The maximum Gasteiger partial charge on any atom is 0.306 e. The van der Waals surface area contributed by atoms with Crippen LogP contribution in [0.2, 0.25) is 0 Å². The first-order valence-electron chi connectivity index (χ1n) is 5.32. The zero-order chi connectivity index (χ0) is 12.3. The molecule has 0 bridgehead atoms. The summed E-state index contributed by atoms with van der Waals surface area (Å²) < 4.78 is 1.97. The molecule has 16 heavy (non-hydrogen) atoms. The molecule has 0 fully saturated rings. The summed E-state index contributed by atoms with van der Waals surface area (Å²) in [5.41, 5.74) is 1.75. The fourth-order valence-corrected chi connectivity index (χ4v) is 1.69. The van der Waals surface area contributed by atoms with Crippen molar-refractivity contribution >= 4 is 5.97 Å². The van der Waals surface area contributed by atoms with Gasteiger partial charge in [0.2, 0.25) is 0 Å². The van der Waals surface area contributed by atoms with Gasteiger partial charge in [-0.2, -0.15) is 0 Å². The molecule has 0 amide bonds. The van der Waals surface area contributed by atoms with Crippen molar-refractivity contribution in [1.82, 2.24) is 4.57 Å². The van der Waals surface area contributed by atoms with Crippen molar-refractivity contribution in [2.24, 2.45) is 5.92 Å². The van der Waals surface area contributed by atoms with Crippen LogP contribution in [0.15, 0.2) is 16.9 Å². The summed E-state index contributed by atoms with van der Waals surface area (Å²) in [5, 5.41) is 8.78. The second-order valence-corrected chi connectivity index (χ2v) is 4.15. The van der Waals surface area contributed by atoms with Gasteiger partial charge in [-0.05, 0) is 20.3 Å². The van der Waals surface area contributed by atoms with E-state index in [-0.39, 0.29) is 11.3 Å². The fourth-order valence-electron chi connectivity index (χ4n) is 1.69. The number of aliphatic carboxylic acids is 1. The van der Waals surface area contributed by atoms with Gasteiger partial charge in [-0.25, -0.2) is 0 Å². The topological polar surface area (TPSA) is 59.3 Å². The summed E-state index contributed by atoms with van der Waals surface area (Å²) in [7, 11) is 0. The lowest BCUT2D eigenvalue weighted by atomic mass is 10.1. The number of pyridine rings is 1. The van der Waals surface area contributed by atoms with E-state index in [1.165, 1.54) is 0 Å². The van der Waals surface area contributed by atoms with Gasteiger partial charge in [0.05, 0.1) is 5.92 Å². The Kier molecular flexibility index (Phi) is 3.88. The van der Waals surface area contributed by atoms with E-state index in [4.69, 9.17) is 5.11 Å². The Morgan fingerprint density at radius 1 is 1.38 bits per heavy atom. The number of carboxylic acid groups (broad SMARTS) is 1. The van der Waals surface area contributed by atoms with Crippen LogP contribution in [0.25, 0.3) is 0 Å². The molecule has 0 saturated heterocycles. The highest BCUT2D eigenvalue weighted by Crippen LogP contribution is 2.08. The van der Waals surface area contributed by atoms with Crippen LogP contribution in [0.3, 0.4) is 0 Å². The van der Waals surface area contributed by atoms with Gasteiger partial charge >= 0.3 is 5.97 Å². The van der Waals surface area contributed by atoms with Gasteiger partial charge in [0.15, 0.2) is 5.43 Å². The van der Waals surface area contributed by atoms with Crippen molar-refractivity contribution in [1.29, 1.82) is 0 Å². The Labute approximate surface area is 94.5 Å². The van der Waals surface area contributed by atoms with E-state index < -0.39 is 5.97 Å². The third-order valence-corrected chi connectivity index (χ3v) is 2.76. The number of carboxylic acids is 1. The SMILES string of the molecule is Cc1cc(=O)cc(C)n1CCC(C)C(=O)O. The lowest BCUT2D eigenvalue weighted by Crippen LogP contribution is -2.17. The van der Waals surface area contributed by atoms with E-state index in [2.05, 4.69) is 0 Å². The minimum Gasteiger partial charge on any atom is -0.481 e. The van der Waals surface area contributed by atoms with Crippen LogP contribution < -0.4 is 5.43 Å². The largest absolute Gasteiger partial charge is 0.481 e. The molecule has 1 aromatic heterocycles. The van der Waals surface area contributed by atoms with Gasteiger partial charge < -0.3 is 9.67 Å². The van der Waals surface area contributed by atoms with E-state index in [1.54, 1.807) is 19.1 Å². The van der Waals surface area contributed by atoms with Gasteiger partial charge in [-0.15, -0.1) is 0 Å². The minimum absolute atomic E-state index is 0.00228. The third-order valence-electron chi connectivity index (χ3n) is 2.76. The van der Waals surface area contributed by atoms with Crippen molar-refractivity contribution in [2.75, 3.05) is 0 Å². The first kappa shape index (κ1) is 12.5. The Hall–Kier alpha value is -1.58. The molecule has 0 saturated carbocycles. The van der Waals surface area contributed by atoms with Crippen molar-refractivity contribution in [3.05, 3.63) is 33.7 Å². The van der Waals surface area contributed by atoms with Gasteiger partial charge in [0.25, 0.3) is 0 Å². The fraction of sp³-hybridized carbons (Fsp3) is 0.500. The third kappa shape index (κ3) is 2.95. The van der Waals surface area contributed by atoms with Crippen molar-refractivity contribution in [3.63, 3.8) is 0 Å². The molecule has 0 aromatic carbocycles. The minimum atomic E-state index is -0.781. The molecule has 88 valence electrons. The Bertz CT molecular complexity index is 422. The van der Waals surface area contributed by atoms with Crippen LogP contribution in [0.5, 0.6) is 0 Å². The van der Waals surface area contributed by atoms with E-state index >= 15 is 0 Å². The summed E-state index contributed by atoms with van der Waals surface area (Å²) in [5.74, 6) is -1.14. The summed E-state index contributed by atoms with van der Waals surface area (Å²) in [4.78, 5) is 21.9. The molecule has 0 aliphatic carbocycles. The van der Waals surface area contributed by atoms with Crippen molar-refractivity contribution in [3.8, 4) is 0 Å². The van der Waals surface area contributed by atoms with Crippen LogP contribution in [-0.2, 0) is 11.3 Å². The Morgan fingerprint density at radius 3 is 2.31 bits per heavy atom.